The number of carbonyl (C=O) groups excluding carboxylic acids is 1. The van der Waals surface area contributed by atoms with Gasteiger partial charge < -0.3 is 5.32 Å². The summed E-state index contributed by atoms with van der Waals surface area (Å²) in [7, 11) is 0. The Kier molecular flexibility index (Phi) is 3.58. The van der Waals surface area contributed by atoms with Crippen LogP contribution in [-0.2, 0) is 11.3 Å². The Labute approximate surface area is 115 Å². The molecule has 2 aliphatic rings. The van der Waals surface area contributed by atoms with Crippen molar-refractivity contribution in [3.63, 3.8) is 0 Å². The van der Waals surface area contributed by atoms with Crippen LogP contribution in [0.15, 0.2) is 24.3 Å². The van der Waals surface area contributed by atoms with E-state index in [0.29, 0.717) is 12.5 Å². The van der Waals surface area contributed by atoms with Crippen LogP contribution in [0.25, 0.3) is 0 Å². The Morgan fingerprint density at radius 1 is 1.26 bits per heavy atom. The standard InChI is InChI=1S/C17H23NO/c1-12-4-2-3-5-15(12)11-18-17(19)10-16-9-13-6-7-14(16)8-13/h2-5,13-14,16H,6-11H2,1H3,(H,18,19). The number of benzene rings is 1. The number of rotatable bonds is 4. The van der Waals surface area contributed by atoms with Crippen LogP contribution >= 0.6 is 0 Å². The molecule has 3 atom stereocenters. The second kappa shape index (κ2) is 5.36. The minimum absolute atomic E-state index is 0.237. The van der Waals surface area contributed by atoms with Gasteiger partial charge >= 0.3 is 0 Å². The zero-order valence-corrected chi connectivity index (χ0v) is 11.7. The summed E-state index contributed by atoms with van der Waals surface area (Å²) in [6.07, 6.45) is 6.19. The van der Waals surface area contributed by atoms with Crippen LogP contribution in [0.3, 0.4) is 0 Å². The Morgan fingerprint density at radius 2 is 2.11 bits per heavy atom. The lowest BCUT2D eigenvalue weighted by atomic mass is 9.86. The van der Waals surface area contributed by atoms with Gasteiger partial charge in [0.15, 0.2) is 0 Å². The van der Waals surface area contributed by atoms with Crippen LogP contribution in [0.1, 0.15) is 43.2 Å². The van der Waals surface area contributed by atoms with E-state index in [1.54, 1.807) is 0 Å². The lowest BCUT2D eigenvalue weighted by Crippen LogP contribution is -2.27. The fourth-order valence-corrected chi connectivity index (χ4v) is 3.94. The van der Waals surface area contributed by atoms with E-state index in [9.17, 15) is 4.79 Å². The molecule has 1 aromatic rings. The molecule has 2 fully saturated rings. The second-order valence-electron chi connectivity index (χ2n) is 6.34. The molecule has 0 heterocycles. The first kappa shape index (κ1) is 12.7. The van der Waals surface area contributed by atoms with Gasteiger partial charge in [-0.25, -0.2) is 0 Å². The highest BCUT2D eigenvalue weighted by Gasteiger charge is 2.39. The molecule has 2 heteroatoms. The Balaban J connectivity index is 1.48. The molecule has 0 aliphatic heterocycles. The number of aryl methyl sites for hydroxylation is 1. The van der Waals surface area contributed by atoms with Crippen LogP contribution < -0.4 is 5.32 Å². The summed E-state index contributed by atoms with van der Waals surface area (Å²) in [4.78, 5) is 12.0. The monoisotopic (exact) mass is 257 g/mol. The maximum absolute atomic E-state index is 12.0. The minimum atomic E-state index is 0.237. The first-order chi connectivity index (χ1) is 9.22. The number of hydrogen-bond acceptors (Lipinski definition) is 1. The summed E-state index contributed by atoms with van der Waals surface area (Å²) >= 11 is 0. The molecule has 2 saturated carbocycles. The first-order valence-electron chi connectivity index (χ1n) is 7.53. The van der Waals surface area contributed by atoms with Crippen molar-refractivity contribution in [2.45, 2.75) is 45.6 Å². The summed E-state index contributed by atoms with van der Waals surface area (Å²) in [6.45, 7) is 2.77. The molecule has 1 amide bonds. The van der Waals surface area contributed by atoms with Crippen LogP contribution in [0.2, 0.25) is 0 Å². The van der Waals surface area contributed by atoms with Crippen LogP contribution in [0.5, 0.6) is 0 Å². The molecule has 2 bridgehead atoms. The lowest BCUT2D eigenvalue weighted by Gasteiger charge is -2.21. The summed E-state index contributed by atoms with van der Waals surface area (Å²) in [5.74, 6) is 2.67. The molecule has 1 aromatic carbocycles. The quantitative estimate of drug-likeness (QED) is 0.879. The van der Waals surface area contributed by atoms with Gasteiger partial charge in [-0.2, -0.15) is 0 Å². The molecule has 0 spiro atoms. The summed E-state index contributed by atoms with van der Waals surface area (Å²) < 4.78 is 0. The highest BCUT2D eigenvalue weighted by Crippen LogP contribution is 2.49. The molecule has 3 rings (SSSR count). The van der Waals surface area contributed by atoms with E-state index >= 15 is 0 Å². The predicted molar refractivity (Wildman–Crippen MR) is 76.6 cm³/mol. The maximum Gasteiger partial charge on any atom is 0.220 e. The summed E-state index contributed by atoms with van der Waals surface area (Å²) in [6, 6.07) is 8.25. The van der Waals surface area contributed by atoms with Gasteiger partial charge in [-0.1, -0.05) is 30.7 Å². The summed E-state index contributed by atoms with van der Waals surface area (Å²) in [5, 5.41) is 3.09. The zero-order chi connectivity index (χ0) is 13.2. The molecular formula is C17H23NO. The largest absolute Gasteiger partial charge is 0.352 e. The minimum Gasteiger partial charge on any atom is -0.352 e. The highest BCUT2D eigenvalue weighted by atomic mass is 16.1. The molecule has 2 aliphatic carbocycles. The maximum atomic E-state index is 12.0. The molecule has 1 N–H and O–H groups in total. The van der Waals surface area contributed by atoms with E-state index in [1.807, 2.05) is 12.1 Å². The van der Waals surface area contributed by atoms with Gasteiger partial charge in [0, 0.05) is 13.0 Å². The predicted octanol–water partition coefficient (Wildman–Crippen LogP) is 3.44. The van der Waals surface area contributed by atoms with Gasteiger partial charge in [-0.3, -0.25) is 4.79 Å². The van der Waals surface area contributed by atoms with Crippen molar-refractivity contribution in [2.24, 2.45) is 17.8 Å². The third-order valence-corrected chi connectivity index (χ3v) is 5.07. The number of fused-ring (bicyclic) bond motifs is 2. The number of hydrogen-bond donors (Lipinski definition) is 1. The molecule has 3 unspecified atom stereocenters. The third kappa shape index (κ3) is 2.83. The van der Waals surface area contributed by atoms with E-state index in [1.165, 1.54) is 36.8 Å². The van der Waals surface area contributed by atoms with Crippen molar-refractivity contribution >= 4 is 5.91 Å². The van der Waals surface area contributed by atoms with Gasteiger partial charge in [0.25, 0.3) is 0 Å². The normalized spacial score (nSPS) is 28.6. The van der Waals surface area contributed by atoms with Crippen LogP contribution in [0, 0.1) is 24.7 Å². The number of carbonyl (C=O) groups is 1. The second-order valence-corrected chi connectivity index (χ2v) is 6.34. The van der Waals surface area contributed by atoms with Crippen molar-refractivity contribution in [1.82, 2.24) is 5.32 Å². The lowest BCUT2D eigenvalue weighted by molar-refractivity contribution is -0.122. The fourth-order valence-electron chi connectivity index (χ4n) is 3.94. The van der Waals surface area contributed by atoms with Gasteiger partial charge in [-0.05, 0) is 55.1 Å². The SMILES string of the molecule is Cc1ccccc1CNC(=O)CC1CC2CCC1C2. The average Bonchev–Trinajstić information content (AvgIpc) is 3.00. The number of amides is 1. The first-order valence-corrected chi connectivity index (χ1v) is 7.53. The summed E-state index contributed by atoms with van der Waals surface area (Å²) in [5.41, 5.74) is 2.48. The molecule has 0 aromatic heterocycles. The van der Waals surface area contributed by atoms with E-state index < -0.39 is 0 Å². The molecule has 0 radical (unpaired) electrons. The average molecular weight is 257 g/mol. The van der Waals surface area contributed by atoms with E-state index in [2.05, 4.69) is 24.4 Å². The van der Waals surface area contributed by atoms with Crippen molar-refractivity contribution < 1.29 is 4.79 Å². The van der Waals surface area contributed by atoms with E-state index in [0.717, 1.165) is 18.3 Å². The Morgan fingerprint density at radius 3 is 2.79 bits per heavy atom. The molecular weight excluding hydrogens is 234 g/mol. The van der Waals surface area contributed by atoms with Crippen molar-refractivity contribution in [1.29, 1.82) is 0 Å². The van der Waals surface area contributed by atoms with E-state index in [-0.39, 0.29) is 5.91 Å². The molecule has 19 heavy (non-hydrogen) atoms. The molecule has 0 saturated heterocycles. The molecule has 2 nitrogen and oxygen atoms in total. The van der Waals surface area contributed by atoms with E-state index in [4.69, 9.17) is 0 Å². The topological polar surface area (TPSA) is 29.1 Å². The Bertz CT molecular complexity index is 468. The fraction of sp³-hybridized carbons (Fsp3) is 0.588. The van der Waals surface area contributed by atoms with Crippen molar-refractivity contribution in [3.05, 3.63) is 35.4 Å². The van der Waals surface area contributed by atoms with Gasteiger partial charge in [0.05, 0.1) is 0 Å². The van der Waals surface area contributed by atoms with Gasteiger partial charge in [0.2, 0.25) is 5.91 Å². The molecule has 102 valence electrons. The number of nitrogens with one attached hydrogen (secondary N) is 1. The van der Waals surface area contributed by atoms with Crippen molar-refractivity contribution in [3.8, 4) is 0 Å². The van der Waals surface area contributed by atoms with Gasteiger partial charge in [0.1, 0.15) is 0 Å². The van der Waals surface area contributed by atoms with Crippen molar-refractivity contribution in [2.75, 3.05) is 0 Å². The third-order valence-electron chi connectivity index (χ3n) is 5.07. The zero-order valence-electron chi connectivity index (χ0n) is 11.7. The van der Waals surface area contributed by atoms with Crippen LogP contribution in [-0.4, -0.2) is 5.91 Å². The highest BCUT2D eigenvalue weighted by molar-refractivity contribution is 5.76. The van der Waals surface area contributed by atoms with Gasteiger partial charge in [-0.15, -0.1) is 0 Å². The van der Waals surface area contributed by atoms with Crippen LogP contribution in [0.4, 0.5) is 0 Å². The smallest absolute Gasteiger partial charge is 0.220 e. The Hall–Kier alpha value is -1.31.